The Morgan fingerprint density at radius 3 is 3.00 bits per heavy atom. The van der Waals surface area contributed by atoms with E-state index >= 15 is 0 Å². The van der Waals surface area contributed by atoms with Crippen molar-refractivity contribution in [3.8, 4) is 0 Å². The Morgan fingerprint density at radius 1 is 1.50 bits per heavy atom. The van der Waals surface area contributed by atoms with Crippen LogP contribution in [0.2, 0.25) is 5.02 Å². The van der Waals surface area contributed by atoms with Crippen LogP contribution in [0.15, 0.2) is 24.4 Å². The second-order valence-corrected chi connectivity index (χ2v) is 3.07. The van der Waals surface area contributed by atoms with Crippen LogP contribution in [0.1, 0.15) is 6.92 Å². The summed E-state index contributed by atoms with van der Waals surface area (Å²) < 4.78 is 1.89. The van der Waals surface area contributed by atoms with Gasteiger partial charge in [0.2, 0.25) is 0 Å². The van der Waals surface area contributed by atoms with E-state index < -0.39 is 0 Å². The van der Waals surface area contributed by atoms with Gasteiger partial charge in [-0.1, -0.05) is 23.7 Å². The molecule has 0 aliphatic carbocycles. The van der Waals surface area contributed by atoms with E-state index in [9.17, 15) is 0 Å². The zero-order valence-electron chi connectivity index (χ0n) is 6.79. The number of halogens is 1. The van der Waals surface area contributed by atoms with E-state index in [-0.39, 0.29) is 0 Å². The molecule has 0 fully saturated rings. The first-order chi connectivity index (χ1) is 5.81. The van der Waals surface area contributed by atoms with E-state index in [1.54, 1.807) is 0 Å². The molecule has 0 amide bonds. The molecule has 0 saturated heterocycles. The maximum Gasteiger partial charge on any atom is 0.111 e. The van der Waals surface area contributed by atoms with Crippen LogP contribution < -0.4 is 0 Å². The Kier molecular flexibility index (Phi) is 1.77. The lowest BCUT2D eigenvalue weighted by Gasteiger charge is -1.90. The quantitative estimate of drug-likeness (QED) is 0.660. The number of hydrogen-bond acceptors (Lipinski definition) is 1. The Morgan fingerprint density at radius 2 is 2.33 bits per heavy atom. The third-order valence-electron chi connectivity index (χ3n) is 1.86. The SMILES string of the molecule is CCn1cc2cccc(Cl)c2n1. The van der Waals surface area contributed by atoms with Crippen molar-refractivity contribution in [1.29, 1.82) is 0 Å². The van der Waals surface area contributed by atoms with Gasteiger partial charge in [-0.25, -0.2) is 0 Å². The normalized spacial score (nSPS) is 10.8. The molecule has 2 aromatic rings. The summed E-state index contributed by atoms with van der Waals surface area (Å²) in [4.78, 5) is 0. The number of nitrogens with zero attached hydrogens (tertiary/aromatic N) is 2. The number of aromatic nitrogens is 2. The van der Waals surface area contributed by atoms with Crippen molar-refractivity contribution in [3.05, 3.63) is 29.4 Å². The molecule has 0 bridgehead atoms. The highest BCUT2D eigenvalue weighted by molar-refractivity contribution is 6.35. The molecule has 0 radical (unpaired) electrons. The van der Waals surface area contributed by atoms with Crippen LogP contribution >= 0.6 is 11.6 Å². The minimum absolute atomic E-state index is 0.722. The second-order valence-electron chi connectivity index (χ2n) is 2.66. The number of hydrogen-bond donors (Lipinski definition) is 0. The maximum absolute atomic E-state index is 5.95. The molecule has 2 nitrogen and oxygen atoms in total. The van der Waals surface area contributed by atoms with Crippen molar-refractivity contribution < 1.29 is 0 Å². The van der Waals surface area contributed by atoms with Crippen molar-refractivity contribution in [1.82, 2.24) is 9.78 Å². The summed E-state index contributed by atoms with van der Waals surface area (Å²) in [5.41, 5.74) is 0.890. The summed E-state index contributed by atoms with van der Waals surface area (Å²) in [6.45, 7) is 2.94. The van der Waals surface area contributed by atoms with E-state index in [0.717, 1.165) is 22.5 Å². The lowest BCUT2D eigenvalue weighted by molar-refractivity contribution is 0.668. The topological polar surface area (TPSA) is 17.8 Å². The molecule has 12 heavy (non-hydrogen) atoms. The smallest absolute Gasteiger partial charge is 0.111 e. The first-order valence-electron chi connectivity index (χ1n) is 3.93. The van der Waals surface area contributed by atoms with Crippen LogP contribution in [-0.4, -0.2) is 9.78 Å². The number of rotatable bonds is 1. The summed E-state index contributed by atoms with van der Waals surface area (Å²) >= 11 is 5.95. The molecule has 0 N–H and O–H groups in total. The Hall–Kier alpha value is -1.02. The van der Waals surface area contributed by atoms with E-state index in [1.165, 1.54) is 0 Å². The Balaban J connectivity index is 2.74. The molecule has 0 atom stereocenters. The van der Waals surface area contributed by atoms with E-state index in [4.69, 9.17) is 11.6 Å². The van der Waals surface area contributed by atoms with Crippen LogP contribution in [0.5, 0.6) is 0 Å². The summed E-state index contributed by atoms with van der Waals surface area (Å²) in [6, 6.07) is 5.81. The van der Waals surface area contributed by atoms with Gasteiger partial charge in [0.1, 0.15) is 5.52 Å². The van der Waals surface area contributed by atoms with Crippen LogP contribution in [0.4, 0.5) is 0 Å². The molecule has 0 aliphatic rings. The number of fused-ring (bicyclic) bond motifs is 1. The van der Waals surface area contributed by atoms with Gasteiger partial charge in [-0.15, -0.1) is 0 Å². The van der Waals surface area contributed by atoms with Crippen molar-refractivity contribution in [3.63, 3.8) is 0 Å². The molecule has 1 aromatic heterocycles. The largest absolute Gasteiger partial charge is 0.272 e. The van der Waals surface area contributed by atoms with Gasteiger partial charge in [-0.05, 0) is 13.0 Å². The average Bonchev–Trinajstić information content (AvgIpc) is 2.49. The fourth-order valence-electron chi connectivity index (χ4n) is 1.22. The average molecular weight is 181 g/mol. The van der Waals surface area contributed by atoms with E-state index in [1.807, 2.05) is 29.1 Å². The van der Waals surface area contributed by atoms with Crippen molar-refractivity contribution in [2.75, 3.05) is 0 Å². The maximum atomic E-state index is 5.95. The predicted octanol–water partition coefficient (Wildman–Crippen LogP) is 2.71. The third kappa shape index (κ3) is 1.08. The highest BCUT2D eigenvalue weighted by Gasteiger charge is 2.01. The van der Waals surface area contributed by atoms with Gasteiger partial charge >= 0.3 is 0 Å². The van der Waals surface area contributed by atoms with Crippen LogP contribution in [0.3, 0.4) is 0 Å². The summed E-state index contributed by atoms with van der Waals surface area (Å²) in [6.07, 6.45) is 2.00. The van der Waals surface area contributed by atoms with Gasteiger partial charge in [0.25, 0.3) is 0 Å². The van der Waals surface area contributed by atoms with E-state index in [2.05, 4.69) is 12.0 Å². The summed E-state index contributed by atoms with van der Waals surface area (Å²) in [5, 5.41) is 6.14. The van der Waals surface area contributed by atoms with Gasteiger partial charge < -0.3 is 0 Å². The minimum Gasteiger partial charge on any atom is -0.272 e. The van der Waals surface area contributed by atoms with Gasteiger partial charge in [-0.2, -0.15) is 5.10 Å². The highest BCUT2D eigenvalue weighted by Crippen LogP contribution is 2.20. The van der Waals surface area contributed by atoms with Crippen LogP contribution in [-0.2, 0) is 6.54 Å². The molecule has 0 spiro atoms. The fourth-order valence-corrected chi connectivity index (χ4v) is 1.44. The van der Waals surface area contributed by atoms with Gasteiger partial charge in [-0.3, -0.25) is 4.68 Å². The standard InChI is InChI=1S/C9H9ClN2/c1-2-12-6-7-4-3-5-8(10)9(7)11-12/h3-6H,2H2,1H3. The lowest BCUT2D eigenvalue weighted by Crippen LogP contribution is -1.92. The van der Waals surface area contributed by atoms with Crippen LogP contribution in [0.25, 0.3) is 10.9 Å². The lowest BCUT2D eigenvalue weighted by atomic mass is 10.3. The van der Waals surface area contributed by atoms with Crippen molar-refractivity contribution in [2.45, 2.75) is 13.5 Å². The van der Waals surface area contributed by atoms with Crippen molar-refractivity contribution in [2.24, 2.45) is 0 Å². The predicted molar refractivity (Wildman–Crippen MR) is 50.4 cm³/mol. The highest BCUT2D eigenvalue weighted by atomic mass is 35.5. The molecule has 0 aliphatic heterocycles. The first kappa shape index (κ1) is 7.62. The number of aryl methyl sites for hydroxylation is 1. The zero-order chi connectivity index (χ0) is 8.55. The molecular formula is C9H9ClN2. The zero-order valence-corrected chi connectivity index (χ0v) is 7.54. The van der Waals surface area contributed by atoms with Gasteiger partial charge in [0, 0.05) is 18.1 Å². The molecule has 1 aromatic carbocycles. The summed E-state index contributed by atoms with van der Waals surface area (Å²) in [7, 11) is 0. The second kappa shape index (κ2) is 2.79. The number of benzene rings is 1. The molecule has 2 rings (SSSR count). The van der Waals surface area contributed by atoms with E-state index in [0.29, 0.717) is 0 Å². The first-order valence-corrected chi connectivity index (χ1v) is 4.30. The Labute approximate surface area is 75.8 Å². The third-order valence-corrected chi connectivity index (χ3v) is 2.16. The molecule has 1 heterocycles. The summed E-state index contributed by atoms with van der Waals surface area (Å²) in [5.74, 6) is 0. The Bertz CT molecular complexity index is 406. The van der Waals surface area contributed by atoms with Gasteiger partial charge in [0.05, 0.1) is 5.02 Å². The molecular weight excluding hydrogens is 172 g/mol. The molecule has 3 heteroatoms. The van der Waals surface area contributed by atoms with Crippen LogP contribution in [0, 0.1) is 0 Å². The van der Waals surface area contributed by atoms with Crippen molar-refractivity contribution >= 4 is 22.5 Å². The molecule has 62 valence electrons. The molecule has 0 saturated carbocycles. The minimum atomic E-state index is 0.722. The fraction of sp³-hybridized carbons (Fsp3) is 0.222. The van der Waals surface area contributed by atoms with Gasteiger partial charge in [0.15, 0.2) is 0 Å². The monoisotopic (exact) mass is 180 g/mol. The molecule has 0 unspecified atom stereocenters.